The van der Waals surface area contributed by atoms with Gasteiger partial charge < -0.3 is 0 Å². The van der Waals surface area contributed by atoms with Crippen LogP contribution in [0.25, 0.3) is 0 Å². The second-order valence-electron chi connectivity index (χ2n) is 2.12. The lowest BCUT2D eigenvalue weighted by Crippen LogP contribution is -2.04. The van der Waals surface area contributed by atoms with Gasteiger partial charge in [-0.3, -0.25) is 0 Å². The van der Waals surface area contributed by atoms with E-state index in [2.05, 4.69) is 17.6 Å². The van der Waals surface area contributed by atoms with E-state index in [1.807, 2.05) is 0 Å². The molecule has 0 fully saturated rings. The molecule has 1 aromatic heterocycles. The Bertz CT molecular complexity index is 256. The van der Waals surface area contributed by atoms with Gasteiger partial charge in [0, 0.05) is 5.38 Å². The highest BCUT2D eigenvalue weighted by Gasteiger charge is 2.34. The highest BCUT2D eigenvalue weighted by atomic mass is 32.1. The fraction of sp³-hybridized carbons (Fsp3) is 0.500. The predicted octanol–water partition coefficient (Wildman–Crippen LogP) is 2.63. The lowest BCUT2D eigenvalue weighted by atomic mass is 10.4. The Morgan fingerprint density at radius 2 is 2.17 bits per heavy atom. The van der Waals surface area contributed by atoms with Crippen LogP contribution in [-0.4, -0.2) is 10.7 Å². The quantitative estimate of drug-likeness (QED) is 0.745. The van der Waals surface area contributed by atoms with Crippen molar-refractivity contribution in [3.63, 3.8) is 0 Å². The maximum absolute atomic E-state index is 12.0. The maximum Gasteiger partial charge on any atom is 0.443 e. The third kappa shape index (κ3) is 2.38. The average molecular weight is 213 g/mol. The minimum absolute atomic E-state index is 0.460. The fourth-order valence-electron chi connectivity index (χ4n) is 0.667. The Hall–Kier alpha value is -0.230. The molecule has 0 radical (unpaired) electrons. The normalized spacial score (nSPS) is 12.0. The van der Waals surface area contributed by atoms with E-state index in [0.29, 0.717) is 29.2 Å². The zero-order valence-electron chi connectivity index (χ0n) is 5.93. The van der Waals surface area contributed by atoms with Crippen molar-refractivity contribution in [2.75, 3.05) is 5.75 Å². The van der Waals surface area contributed by atoms with Crippen molar-refractivity contribution >= 4 is 24.0 Å². The van der Waals surface area contributed by atoms with Crippen molar-refractivity contribution in [1.82, 2.24) is 4.98 Å². The predicted molar refractivity (Wildman–Crippen MR) is 44.7 cm³/mol. The Morgan fingerprint density at radius 1 is 1.50 bits per heavy atom. The van der Waals surface area contributed by atoms with Gasteiger partial charge in [0.05, 0.1) is 5.69 Å². The van der Waals surface area contributed by atoms with Gasteiger partial charge >= 0.3 is 6.18 Å². The molecule has 1 nitrogen and oxygen atoms in total. The molecule has 0 amide bonds. The van der Waals surface area contributed by atoms with Gasteiger partial charge in [-0.05, 0) is 12.2 Å². The number of thiazole rings is 1. The van der Waals surface area contributed by atoms with Crippen LogP contribution in [0.3, 0.4) is 0 Å². The van der Waals surface area contributed by atoms with Gasteiger partial charge in [-0.25, -0.2) is 4.98 Å². The maximum atomic E-state index is 12.0. The molecule has 6 heteroatoms. The molecule has 12 heavy (non-hydrogen) atoms. The number of alkyl halides is 3. The Balaban J connectivity index is 2.77. The fourth-order valence-corrected chi connectivity index (χ4v) is 1.62. The lowest BCUT2D eigenvalue weighted by molar-refractivity contribution is -0.137. The summed E-state index contributed by atoms with van der Waals surface area (Å²) in [5.74, 6) is 0.515. The van der Waals surface area contributed by atoms with Crippen molar-refractivity contribution in [2.24, 2.45) is 0 Å². The first-order valence-electron chi connectivity index (χ1n) is 3.16. The molecule has 0 bridgehead atoms. The average Bonchev–Trinajstić information content (AvgIpc) is 2.35. The summed E-state index contributed by atoms with van der Waals surface area (Å²) in [6.07, 6.45) is -3.82. The van der Waals surface area contributed by atoms with Crippen LogP contribution < -0.4 is 0 Å². The van der Waals surface area contributed by atoms with Crippen LogP contribution >= 0.6 is 24.0 Å². The van der Waals surface area contributed by atoms with Crippen LogP contribution in [0.5, 0.6) is 0 Å². The standard InChI is InChI=1S/C6H6F3NS2/c7-6(8,9)5-10-4(1-2-11)3-12-5/h3,11H,1-2H2. The van der Waals surface area contributed by atoms with E-state index in [9.17, 15) is 13.2 Å². The third-order valence-electron chi connectivity index (χ3n) is 1.16. The largest absolute Gasteiger partial charge is 0.443 e. The van der Waals surface area contributed by atoms with Crippen molar-refractivity contribution in [1.29, 1.82) is 0 Å². The summed E-state index contributed by atoms with van der Waals surface area (Å²) in [5, 5.41) is 0.637. The van der Waals surface area contributed by atoms with E-state index >= 15 is 0 Å². The van der Waals surface area contributed by atoms with E-state index in [-0.39, 0.29) is 0 Å². The molecule has 0 unspecified atom stereocenters. The smallest absolute Gasteiger partial charge is 0.237 e. The minimum Gasteiger partial charge on any atom is -0.237 e. The summed E-state index contributed by atoms with van der Waals surface area (Å²) in [5.41, 5.74) is 0.460. The first kappa shape index (κ1) is 9.85. The highest BCUT2D eigenvalue weighted by molar-refractivity contribution is 7.80. The van der Waals surface area contributed by atoms with Crippen molar-refractivity contribution in [2.45, 2.75) is 12.6 Å². The van der Waals surface area contributed by atoms with Crippen LogP contribution in [-0.2, 0) is 12.6 Å². The molecule has 0 aromatic carbocycles. The number of aromatic nitrogens is 1. The summed E-state index contributed by atoms with van der Waals surface area (Å²) in [7, 11) is 0. The van der Waals surface area contributed by atoms with Gasteiger partial charge in [0.2, 0.25) is 0 Å². The third-order valence-corrected chi connectivity index (χ3v) is 2.32. The molecule has 0 saturated carbocycles. The molecule has 1 heterocycles. The SMILES string of the molecule is FC(F)(F)c1nc(CCS)cs1. The summed E-state index contributed by atoms with van der Waals surface area (Å²) < 4.78 is 35.9. The number of aryl methyl sites for hydroxylation is 1. The van der Waals surface area contributed by atoms with Crippen LogP contribution in [0, 0.1) is 0 Å². The second-order valence-corrected chi connectivity index (χ2v) is 3.42. The number of hydrogen-bond donors (Lipinski definition) is 1. The number of hydrogen-bond acceptors (Lipinski definition) is 3. The Kier molecular flexibility index (Phi) is 3.00. The van der Waals surface area contributed by atoms with Gasteiger partial charge in [0.25, 0.3) is 0 Å². The zero-order chi connectivity index (χ0) is 9.19. The summed E-state index contributed by atoms with van der Waals surface area (Å²) in [6, 6.07) is 0. The first-order chi connectivity index (χ1) is 5.54. The van der Waals surface area contributed by atoms with E-state index in [4.69, 9.17) is 0 Å². The van der Waals surface area contributed by atoms with E-state index < -0.39 is 11.2 Å². The first-order valence-corrected chi connectivity index (χ1v) is 4.67. The van der Waals surface area contributed by atoms with Crippen molar-refractivity contribution in [3.05, 3.63) is 16.1 Å². The number of rotatable bonds is 2. The van der Waals surface area contributed by atoms with Crippen molar-refractivity contribution in [3.8, 4) is 0 Å². The van der Waals surface area contributed by atoms with E-state index in [1.54, 1.807) is 0 Å². The number of halogens is 3. The Morgan fingerprint density at radius 3 is 2.58 bits per heavy atom. The lowest BCUT2D eigenvalue weighted by Gasteiger charge is -1.98. The minimum atomic E-state index is -4.31. The van der Waals surface area contributed by atoms with Gasteiger partial charge in [-0.1, -0.05) is 0 Å². The van der Waals surface area contributed by atoms with Gasteiger partial charge in [0.15, 0.2) is 5.01 Å². The number of thiol groups is 1. The van der Waals surface area contributed by atoms with Gasteiger partial charge in [-0.15, -0.1) is 11.3 Å². The van der Waals surface area contributed by atoms with E-state index in [1.165, 1.54) is 5.38 Å². The molecule has 1 rings (SSSR count). The molecular formula is C6H6F3NS2. The molecule has 0 aliphatic rings. The topological polar surface area (TPSA) is 12.9 Å². The zero-order valence-corrected chi connectivity index (χ0v) is 7.64. The highest BCUT2D eigenvalue weighted by Crippen LogP contribution is 2.31. The molecule has 0 spiro atoms. The van der Waals surface area contributed by atoms with Crippen LogP contribution in [0.1, 0.15) is 10.7 Å². The second kappa shape index (κ2) is 3.66. The molecule has 68 valence electrons. The molecular weight excluding hydrogens is 207 g/mol. The van der Waals surface area contributed by atoms with E-state index in [0.717, 1.165) is 0 Å². The van der Waals surface area contributed by atoms with Crippen molar-refractivity contribution < 1.29 is 13.2 Å². The molecule has 0 atom stereocenters. The van der Waals surface area contributed by atoms with Crippen LogP contribution in [0.2, 0.25) is 0 Å². The summed E-state index contributed by atoms with van der Waals surface area (Å²) in [4.78, 5) is 3.42. The van der Waals surface area contributed by atoms with Crippen LogP contribution in [0.4, 0.5) is 13.2 Å². The molecule has 0 saturated heterocycles. The monoisotopic (exact) mass is 213 g/mol. The molecule has 0 aliphatic carbocycles. The van der Waals surface area contributed by atoms with Crippen LogP contribution in [0.15, 0.2) is 5.38 Å². The summed E-state index contributed by atoms with van der Waals surface area (Å²) in [6.45, 7) is 0. The summed E-state index contributed by atoms with van der Waals surface area (Å²) >= 11 is 4.52. The molecule has 0 N–H and O–H groups in total. The Labute approximate surface area is 77.0 Å². The molecule has 0 aliphatic heterocycles. The van der Waals surface area contributed by atoms with Gasteiger partial charge in [0.1, 0.15) is 0 Å². The number of nitrogens with zero attached hydrogens (tertiary/aromatic N) is 1. The van der Waals surface area contributed by atoms with Gasteiger partial charge in [-0.2, -0.15) is 25.8 Å². The molecule has 1 aromatic rings.